The number of H-pyrrole nitrogens is 1. The van der Waals surface area contributed by atoms with Crippen molar-refractivity contribution in [2.75, 3.05) is 13.1 Å². The first kappa shape index (κ1) is 19.4. The van der Waals surface area contributed by atoms with Crippen LogP contribution in [0.1, 0.15) is 35.8 Å². The summed E-state index contributed by atoms with van der Waals surface area (Å²) in [5, 5.41) is 3.59. The molecule has 0 saturated carbocycles. The summed E-state index contributed by atoms with van der Waals surface area (Å²) in [4.78, 5) is 18.2. The van der Waals surface area contributed by atoms with Crippen molar-refractivity contribution < 1.29 is 18.0 Å². The number of alkyl halides is 3. The molecule has 3 saturated heterocycles. The number of benzene rings is 1. The number of hydrogen-bond donors (Lipinski definition) is 2. The van der Waals surface area contributed by atoms with Crippen molar-refractivity contribution >= 4 is 17.7 Å². The Morgan fingerprint density at radius 2 is 1.82 bits per heavy atom. The third-order valence-corrected chi connectivity index (χ3v) is 6.75. The monoisotopic (exact) mass is 409 g/mol. The number of amides is 1. The average molecular weight is 409 g/mol. The molecule has 0 radical (unpaired) electrons. The molecular weight excluding hydrogens is 387 g/mol. The molecule has 3 aliphatic heterocycles. The Labute approximate surface area is 165 Å². The lowest BCUT2D eigenvalue weighted by molar-refractivity contribution is -0.141. The maximum atomic E-state index is 12.7. The van der Waals surface area contributed by atoms with E-state index in [0.717, 1.165) is 36.9 Å². The third kappa shape index (κ3) is 3.93. The van der Waals surface area contributed by atoms with Crippen LogP contribution in [0.15, 0.2) is 46.3 Å². The number of nitrogens with one attached hydrogen (secondary N) is 2. The van der Waals surface area contributed by atoms with E-state index in [2.05, 4.69) is 22.1 Å². The van der Waals surface area contributed by atoms with E-state index >= 15 is 0 Å². The summed E-state index contributed by atoms with van der Waals surface area (Å²) < 4.78 is 38.0. The van der Waals surface area contributed by atoms with E-state index in [9.17, 15) is 18.0 Å². The molecule has 2 N–H and O–H groups in total. The molecule has 3 aliphatic rings. The van der Waals surface area contributed by atoms with Crippen LogP contribution in [-0.2, 0) is 6.18 Å². The minimum atomic E-state index is -4.38. The van der Waals surface area contributed by atoms with E-state index in [1.54, 1.807) is 24.3 Å². The summed E-state index contributed by atoms with van der Waals surface area (Å²) in [6, 6.07) is 9.91. The van der Waals surface area contributed by atoms with Crippen LogP contribution in [0.3, 0.4) is 0 Å². The second-order valence-electron chi connectivity index (χ2n) is 7.47. The molecule has 28 heavy (non-hydrogen) atoms. The summed E-state index contributed by atoms with van der Waals surface area (Å²) in [6.45, 7) is 4.39. The zero-order valence-corrected chi connectivity index (χ0v) is 16.2. The average Bonchev–Trinajstić information content (AvgIpc) is 3.14. The smallest absolute Gasteiger partial charge is 0.347 e. The fraction of sp³-hybridized carbons (Fsp3) is 0.450. The van der Waals surface area contributed by atoms with Crippen molar-refractivity contribution in [2.24, 2.45) is 5.92 Å². The van der Waals surface area contributed by atoms with Gasteiger partial charge in [-0.1, -0.05) is 11.8 Å². The van der Waals surface area contributed by atoms with Gasteiger partial charge in [0.2, 0.25) is 0 Å². The van der Waals surface area contributed by atoms with Crippen molar-refractivity contribution in [2.45, 2.75) is 47.9 Å². The SMILES string of the molecule is C[C@H]1[C@H](NC(=O)c2ccc(Sc3ccc(C(F)(F)F)[nH]3)cc2)C2CCN1CC2. The lowest BCUT2D eigenvalue weighted by Gasteiger charge is -2.49. The second-order valence-corrected chi connectivity index (χ2v) is 8.59. The molecule has 1 aromatic heterocycles. The molecule has 1 amide bonds. The van der Waals surface area contributed by atoms with Crippen molar-refractivity contribution in [3.8, 4) is 0 Å². The molecule has 5 rings (SSSR count). The van der Waals surface area contributed by atoms with E-state index in [4.69, 9.17) is 0 Å². The Balaban J connectivity index is 1.39. The van der Waals surface area contributed by atoms with Crippen LogP contribution in [-0.4, -0.2) is 41.0 Å². The topological polar surface area (TPSA) is 48.1 Å². The fourth-order valence-electron chi connectivity index (χ4n) is 4.18. The molecular formula is C20H22F3N3OS. The Bertz CT molecular complexity index is 839. The maximum Gasteiger partial charge on any atom is 0.431 e. The molecule has 2 aromatic rings. The minimum absolute atomic E-state index is 0.0959. The highest BCUT2D eigenvalue weighted by atomic mass is 32.2. The molecule has 1 aromatic carbocycles. The van der Waals surface area contributed by atoms with Gasteiger partial charge >= 0.3 is 6.18 Å². The van der Waals surface area contributed by atoms with Crippen LogP contribution >= 0.6 is 11.8 Å². The van der Waals surface area contributed by atoms with Gasteiger partial charge in [-0.25, -0.2) is 0 Å². The highest BCUT2D eigenvalue weighted by molar-refractivity contribution is 7.99. The Morgan fingerprint density at radius 3 is 2.39 bits per heavy atom. The first-order valence-electron chi connectivity index (χ1n) is 9.40. The number of carbonyl (C=O) groups is 1. The van der Waals surface area contributed by atoms with Crippen LogP contribution in [0.4, 0.5) is 13.2 Å². The Morgan fingerprint density at radius 1 is 1.14 bits per heavy atom. The summed E-state index contributed by atoms with van der Waals surface area (Å²) in [5.74, 6) is 0.441. The fourth-order valence-corrected chi connectivity index (χ4v) is 5.00. The van der Waals surface area contributed by atoms with Crippen molar-refractivity contribution in [3.05, 3.63) is 47.7 Å². The number of halogens is 3. The quantitative estimate of drug-likeness (QED) is 0.787. The number of hydrogen-bond acceptors (Lipinski definition) is 3. The zero-order valence-electron chi connectivity index (χ0n) is 15.4. The van der Waals surface area contributed by atoms with Gasteiger partial charge in [0, 0.05) is 22.5 Å². The van der Waals surface area contributed by atoms with Gasteiger partial charge in [0.15, 0.2) is 0 Å². The molecule has 3 fully saturated rings. The lowest BCUT2D eigenvalue weighted by atomic mass is 9.79. The van der Waals surface area contributed by atoms with E-state index in [0.29, 0.717) is 22.5 Å². The molecule has 4 heterocycles. The van der Waals surface area contributed by atoms with Gasteiger partial charge in [-0.15, -0.1) is 0 Å². The normalized spacial score (nSPS) is 27.0. The number of rotatable bonds is 4. The minimum Gasteiger partial charge on any atom is -0.347 e. The summed E-state index contributed by atoms with van der Waals surface area (Å²) in [7, 11) is 0. The molecule has 4 nitrogen and oxygen atoms in total. The Kier molecular flexibility index (Phi) is 5.18. The standard InChI is InChI=1S/C20H22F3N3OS/c1-12-18(13-8-10-26(12)11-9-13)25-19(27)14-2-4-15(5-3-14)28-17-7-6-16(24-17)20(21,22)23/h2-7,12-13,18,24H,8-11H2,1H3,(H,25,27)/t12-,18-/m0/s1. The number of fused-ring (bicyclic) bond motifs is 3. The molecule has 0 unspecified atom stereocenters. The first-order chi connectivity index (χ1) is 13.3. The van der Waals surface area contributed by atoms with Gasteiger partial charge in [0.1, 0.15) is 5.69 Å². The van der Waals surface area contributed by atoms with E-state index in [-0.39, 0.29) is 11.9 Å². The van der Waals surface area contributed by atoms with Crippen LogP contribution in [0, 0.1) is 5.92 Å². The first-order valence-corrected chi connectivity index (χ1v) is 10.2. The highest BCUT2D eigenvalue weighted by Gasteiger charge is 2.40. The predicted octanol–water partition coefficient (Wildman–Crippen LogP) is 4.40. The maximum absolute atomic E-state index is 12.7. The van der Waals surface area contributed by atoms with Gasteiger partial charge < -0.3 is 10.3 Å². The van der Waals surface area contributed by atoms with E-state index < -0.39 is 11.9 Å². The van der Waals surface area contributed by atoms with E-state index in [1.165, 1.54) is 17.8 Å². The molecule has 2 bridgehead atoms. The van der Waals surface area contributed by atoms with Gasteiger partial charge in [-0.2, -0.15) is 13.2 Å². The summed E-state index contributed by atoms with van der Waals surface area (Å²) in [5.41, 5.74) is -0.201. The highest BCUT2D eigenvalue weighted by Crippen LogP contribution is 2.34. The van der Waals surface area contributed by atoms with E-state index in [1.807, 2.05) is 0 Å². The second kappa shape index (κ2) is 7.48. The third-order valence-electron chi connectivity index (χ3n) is 5.78. The number of piperidine rings is 3. The van der Waals surface area contributed by atoms with Gasteiger partial charge in [-0.3, -0.25) is 9.69 Å². The lowest BCUT2D eigenvalue weighted by Crippen LogP contribution is -2.62. The number of carbonyl (C=O) groups excluding carboxylic acids is 1. The summed E-state index contributed by atoms with van der Waals surface area (Å²) >= 11 is 1.20. The molecule has 150 valence electrons. The van der Waals surface area contributed by atoms with Crippen LogP contribution in [0.5, 0.6) is 0 Å². The molecule has 0 spiro atoms. The summed E-state index contributed by atoms with van der Waals surface area (Å²) in [6.07, 6.45) is -2.13. The molecule has 8 heteroatoms. The van der Waals surface area contributed by atoms with Gasteiger partial charge in [0.05, 0.1) is 5.03 Å². The van der Waals surface area contributed by atoms with Gasteiger partial charge in [-0.05, 0) is 75.2 Å². The van der Waals surface area contributed by atoms with Crippen molar-refractivity contribution in [1.82, 2.24) is 15.2 Å². The van der Waals surface area contributed by atoms with Crippen molar-refractivity contribution in [3.63, 3.8) is 0 Å². The van der Waals surface area contributed by atoms with Crippen LogP contribution in [0.2, 0.25) is 0 Å². The Hall–Kier alpha value is -1.93. The largest absolute Gasteiger partial charge is 0.431 e. The van der Waals surface area contributed by atoms with Gasteiger partial charge in [0.25, 0.3) is 5.91 Å². The van der Waals surface area contributed by atoms with Crippen LogP contribution in [0.25, 0.3) is 0 Å². The number of nitrogens with zero attached hydrogens (tertiary/aromatic N) is 1. The number of aromatic nitrogens is 1. The zero-order chi connectivity index (χ0) is 19.9. The molecule has 0 aliphatic carbocycles. The number of aromatic amines is 1. The van der Waals surface area contributed by atoms with Crippen molar-refractivity contribution in [1.29, 1.82) is 0 Å². The van der Waals surface area contributed by atoms with Crippen LogP contribution < -0.4 is 5.32 Å². The predicted molar refractivity (Wildman–Crippen MR) is 101 cm³/mol. The molecule has 2 atom stereocenters.